The molecule has 1 aromatic rings. The van der Waals surface area contributed by atoms with Crippen LogP contribution < -0.4 is 5.73 Å². The number of para-hydroxylation sites is 1. The van der Waals surface area contributed by atoms with E-state index in [4.69, 9.17) is 5.73 Å². The van der Waals surface area contributed by atoms with Crippen LogP contribution in [0, 0.1) is 11.8 Å². The third-order valence-electron chi connectivity index (χ3n) is 4.26. The summed E-state index contributed by atoms with van der Waals surface area (Å²) in [4.78, 5) is 0. The fourth-order valence-electron chi connectivity index (χ4n) is 2.69. The Labute approximate surface area is 98.0 Å². The largest absolute Gasteiger partial charge is 0.398 e. The summed E-state index contributed by atoms with van der Waals surface area (Å²) < 4.78 is 0. The Morgan fingerprint density at radius 2 is 2.00 bits per heavy atom. The van der Waals surface area contributed by atoms with Crippen LogP contribution in [0.2, 0.25) is 0 Å². The molecule has 0 aliphatic heterocycles. The van der Waals surface area contributed by atoms with Gasteiger partial charge >= 0.3 is 0 Å². The van der Waals surface area contributed by atoms with Gasteiger partial charge in [-0.3, -0.25) is 0 Å². The molecular weight excluding hydrogens is 194 g/mol. The smallest absolute Gasteiger partial charge is 0.0382 e. The van der Waals surface area contributed by atoms with Gasteiger partial charge in [0.25, 0.3) is 0 Å². The Bertz CT molecular complexity index is 388. The molecule has 0 heterocycles. The standard InChI is InChI=1S/C15H21N/c1-10(12-7-8-12)14-4-2-3-13(15(14)16)9-11-5-6-11/h2-4,10-12H,5-9,16H2,1H3. The van der Waals surface area contributed by atoms with Gasteiger partial charge in [0.1, 0.15) is 0 Å². The minimum Gasteiger partial charge on any atom is -0.398 e. The molecule has 3 rings (SSSR count). The van der Waals surface area contributed by atoms with Crippen LogP contribution >= 0.6 is 0 Å². The van der Waals surface area contributed by atoms with Gasteiger partial charge in [-0.05, 0) is 61.0 Å². The van der Waals surface area contributed by atoms with Crippen LogP contribution in [0.25, 0.3) is 0 Å². The van der Waals surface area contributed by atoms with Crippen molar-refractivity contribution in [2.24, 2.45) is 11.8 Å². The molecule has 0 saturated heterocycles. The second kappa shape index (κ2) is 3.80. The summed E-state index contributed by atoms with van der Waals surface area (Å²) in [5, 5.41) is 0. The average Bonchev–Trinajstić information content (AvgIpc) is 3.15. The molecule has 2 N–H and O–H groups in total. The minimum atomic E-state index is 0.666. The molecule has 0 amide bonds. The molecule has 2 fully saturated rings. The molecule has 0 spiro atoms. The molecule has 1 unspecified atom stereocenters. The molecule has 2 aliphatic rings. The third-order valence-corrected chi connectivity index (χ3v) is 4.26. The number of anilines is 1. The second-order valence-corrected chi connectivity index (χ2v) is 5.69. The molecule has 1 atom stereocenters. The van der Waals surface area contributed by atoms with Gasteiger partial charge < -0.3 is 5.73 Å². The van der Waals surface area contributed by atoms with Crippen LogP contribution in [-0.4, -0.2) is 0 Å². The second-order valence-electron chi connectivity index (χ2n) is 5.69. The van der Waals surface area contributed by atoms with Gasteiger partial charge in [0, 0.05) is 5.69 Å². The van der Waals surface area contributed by atoms with Crippen molar-refractivity contribution in [3.63, 3.8) is 0 Å². The van der Waals surface area contributed by atoms with Crippen molar-refractivity contribution in [3.05, 3.63) is 29.3 Å². The summed E-state index contributed by atoms with van der Waals surface area (Å²) in [5.41, 5.74) is 10.2. The third kappa shape index (κ3) is 1.95. The number of hydrogen-bond acceptors (Lipinski definition) is 1. The lowest BCUT2D eigenvalue weighted by Crippen LogP contribution is -2.05. The van der Waals surface area contributed by atoms with E-state index in [1.165, 1.54) is 43.2 Å². The number of rotatable bonds is 4. The van der Waals surface area contributed by atoms with Gasteiger partial charge in [-0.1, -0.05) is 25.1 Å². The molecule has 1 heteroatoms. The first-order valence-corrected chi connectivity index (χ1v) is 6.63. The van der Waals surface area contributed by atoms with E-state index < -0.39 is 0 Å². The van der Waals surface area contributed by atoms with Crippen LogP contribution in [0.15, 0.2) is 18.2 Å². The van der Waals surface area contributed by atoms with Crippen molar-refractivity contribution < 1.29 is 0 Å². The highest BCUT2D eigenvalue weighted by Gasteiger charge is 2.30. The maximum atomic E-state index is 6.33. The van der Waals surface area contributed by atoms with Gasteiger partial charge in [0.15, 0.2) is 0 Å². The van der Waals surface area contributed by atoms with Crippen molar-refractivity contribution in [1.82, 2.24) is 0 Å². The van der Waals surface area contributed by atoms with Crippen molar-refractivity contribution in [2.75, 3.05) is 5.73 Å². The first kappa shape index (κ1) is 10.2. The van der Waals surface area contributed by atoms with Gasteiger partial charge in [0.05, 0.1) is 0 Å². The van der Waals surface area contributed by atoms with E-state index >= 15 is 0 Å². The molecule has 1 nitrogen and oxygen atoms in total. The molecule has 2 saturated carbocycles. The summed E-state index contributed by atoms with van der Waals surface area (Å²) in [6.07, 6.45) is 6.81. The maximum absolute atomic E-state index is 6.33. The van der Waals surface area contributed by atoms with Crippen LogP contribution in [0.4, 0.5) is 5.69 Å². The van der Waals surface area contributed by atoms with Crippen molar-refractivity contribution in [3.8, 4) is 0 Å². The summed E-state index contributed by atoms with van der Waals surface area (Å²) in [6, 6.07) is 6.65. The summed E-state index contributed by atoms with van der Waals surface area (Å²) in [5.74, 6) is 2.49. The van der Waals surface area contributed by atoms with Crippen LogP contribution in [0.1, 0.15) is 49.7 Å². The summed E-state index contributed by atoms with van der Waals surface area (Å²) in [6.45, 7) is 2.34. The highest BCUT2D eigenvalue weighted by atomic mass is 14.6. The number of nitrogen functional groups attached to an aromatic ring is 1. The van der Waals surface area contributed by atoms with Gasteiger partial charge in [-0.2, -0.15) is 0 Å². The Balaban J connectivity index is 1.85. The molecule has 1 aromatic carbocycles. The molecule has 86 valence electrons. The molecule has 2 aliphatic carbocycles. The van der Waals surface area contributed by atoms with E-state index in [0.29, 0.717) is 5.92 Å². The fraction of sp³-hybridized carbons (Fsp3) is 0.600. The quantitative estimate of drug-likeness (QED) is 0.761. The monoisotopic (exact) mass is 215 g/mol. The predicted octanol–water partition coefficient (Wildman–Crippen LogP) is 3.73. The zero-order valence-corrected chi connectivity index (χ0v) is 10.1. The minimum absolute atomic E-state index is 0.666. The molecule has 16 heavy (non-hydrogen) atoms. The van der Waals surface area contributed by atoms with E-state index in [1.807, 2.05) is 0 Å². The van der Waals surface area contributed by atoms with E-state index in [9.17, 15) is 0 Å². The molecule has 0 aromatic heterocycles. The van der Waals surface area contributed by atoms with Crippen molar-refractivity contribution >= 4 is 5.69 Å². The van der Waals surface area contributed by atoms with E-state index in [-0.39, 0.29) is 0 Å². The average molecular weight is 215 g/mol. The zero-order valence-electron chi connectivity index (χ0n) is 10.1. The maximum Gasteiger partial charge on any atom is 0.0382 e. The SMILES string of the molecule is CC(c1cccc(CC2CC2)c1N)C1CC1. The van der Waals surface area contributed by atoms with Crippen LogP contribution in [-0.2, 0) is 6.42 Å². The Morgan fingerprint density at radius 1 is 1.25 bits per heavy atom. The lowest BCUT2D eigenvalue weighted by atomic mass is 9.91. The van der Waals surface area contributed by atoms with E-state index in [0.717, 1.165) is 17.5 Å². The zero-order chi connectivity index (χ0) is 11.1. The van der Waals surface area contributed by atoms with E-state index in [1.54, 1.807) is 0 Å². The highest BCUT2D eigenvalue weighted by Crippen LogP contribution is 2.45. The first-order chi connectivity index (χ1) is 7.75. The van der Waals surface area contributed by atoms with Gasteiger partial charge in [-0.15, -0.1) is 0 Å². The number of benzene rings is 1. The normalized spacial score (nSPS) is 22.1. The summed E-state index contributed by atoms with van der Waals surface area (Å²) in [7, 11) is 0. The highest BCUT2D eigenvalue weighted by molar-refractivity contribution is 5.55. The lowest BCUT2D eigenvalue weighted by molar-refractivity contribution is 0.664. The van der Waals surface area contributed by atoms with Gasteiger partial charge in [0.2, 0.25) is 0 Å². The van der Waals surface area contributed by atoms with E-state index in [2.05, 4.69) is 25.1 Å². The Kier molecular flexibility index (Phi) is 2.42. The predicted molar refractivity (Wildman–Crippen MR) is 68.4 cm³/mol. The van der Waals surface area contributed by atoms with Gasteiger partial charge in [-0.25, -0.2) is 0 Å². The van der Waals surface area contributed by atoms with Crippen LogP contribution in [0.3, 0.4) is 0 Å². The number of nitrogens with two attached hydrogens (primary N) is 1. The topological polar surface area (TPSA) is 26.0 Å². The molecular formula is C15H21N. The van der Waals surface area contributed by atoms with Crippen LogP contribution in [0.5, 0.6) is 0 Å². The Hall–Kier alpha value is -0.980. The van der Waals surface area contributed by atoms with Crippen molar-refractivity contribution in [1.29, 1.82) is 0 Å². The summed E-state index contributed by atoms with van der Waals surface area (Å²) >= 11 is 0. The fourth-order valence-corrected chi connectivity index (χ4v) is 2.69. The molecule has 0 radical (unpaired) electrons. The van der Waals surface area contributed by atoms with Crippen molar-refractivity contribution in [2.45, 2.75) is 44.9 Å². The Morgan fingerprint density at radius 3 is 2.62 bits per heavy atom. The molecule has 0 bridgehead atoms. The lowest BCUT2D eigenvalue weighted by Gasteiger charge is -2.16. The first-order valence-electron chi connectivity index (χ1n) is 6.63. The number of hydrogen-bond donors (Lipinski definition) is 1.